The molecule has 18 nitrogen and oxygen atoms in total. The van der Waals surface area contributed by atoms with Gasteiger partial charge in [0.2, 0.25) is 47.3 Å². The molecule has 4 heterocycles. The van der Waals surface area contributed by atoms with Crippen molar-refractivity contribution in [3.8, 4) is 0 Å². The smallest absolute Gasteiger partial charge is 0.247 e. The Hall–Kier alpha value is -6.66. The summed E-state index contributed by atoms with van der Waals surface area (Å²) in [6.45, 7) is 3.92. The zero-order chi connectivity index (χ0) is 52.2. The first kappa shape index (κ1) is 52.2. The maximum absolute atomic E-state index is 14.5. The van der Waals surface area contributed by atoms with Crippen LogP contribution < -0.4 is 31.9 Å². The quantitative estimate of drug-likeness (QED) is 0.121. The summed E-state index contributed by atoms with van der Waals surface area (Å²) in [7, 11) is 3.30. The highest BCUT2D eigenvalue weighted by molar-refractivity contribution is 5.96. The second-order valence-corrected chi connectivity index (χ2v) is 21.3. The van der Waals surface area contributed by atoms with Gasteiger partial charge < -0.3 is 51.5 Å². The fraction of sp³-hybridized carbons (Fsp3) is 0.536. The van der Waals surface area contributed by atoms with Gasteiger partial charge in [-0.2, -0.15) is 0 Å². The molecule has 6 fully saturated rings. The number of rotatable bonds is 16. The minimum absolute atomic E-state index is 0.00337. The zero-order valence-corrected chi connectivity index (χ0v) is 43.0. The number of nitrogens with one attached hydrogen (secondary N) is 6. The molecule has 74 heavy (non-hydrogen) atoms. The van der Waals surface area contributed by atoms with Crippen LogP contribution in [0.5, 0.6) is 0 Å². The van der Waals surface area contributed by atoms with Crippen molar-refractivity contribution in [2.75, 3.05) is 40.3 Å². The van der Waals surface area contributed by atoms with Crippen molar-refractivity contribution in [1.82, 2.24) is 51.5 Å². The lowest BCUT2D eigenvalue weighted by atomic mass is 10.0. The van der Waals surface area contributed by atoms with E-state index in [0.717, 1.165) is 12.8 Å². The van der Waals surface area contributed by atoms with Gasteiger partial charge in [0, 0.05) is 62.2 Å². The third kappa shape index (κ3) is 11.8. The van der Waals surface area contributed by atoms with Gasteiger partial charge in [0.25, 0.3) is 0 Å². The highest BCUT2D eigenvalue weighted by Crippen LogP contribution is 2.42. The third-order valence-electron chi connectivity index (χ3n) is 16.4. The van der Waals surface area contributed by atoms with Crippen molar-refractivity contribution in [2.24, 2.45) is 0 Å². The molecule has 394 valence electrons. The molecule has 0 bridgehead atoms. The van der Waals surface area contributed by atoms with Gasteiger partial charge in [-0.1, -0.05) is 84.9 Å². The topological polar surface area (TPSA) is 222 Å². The van der Waals surface area contributed by atoms with Crippen LogP contribution in [0.1, 0.15) is 99.3 Å². The number of benzene rings is 3. The van der Waals surface area contributed by atoms with E-state index in [1.807, 2.05) is 36.4 Å². The molecular formula is C56H72N10O8. The molecule has 3 aromatic carbocycles. The summed E-state index contributed by atoms with van der Waals surface area (Å²) in [6, 6.07) is 22.1. The van der Waals surface area contributed by atoms with Crippen LogP contribution >= 0.6 is 0 Å². The van der Waals surface area contributed by atoms with E-state index >= 15 is 0 Å². The molecule has 0 unspecified atom stereocenters. The van der Waals surface area contributed by atoms with E-state index in [0.29, 0.717) is 62.7 Å². The Morgan fingerprint density at radius 2 is 0.892 bits per heavy atom. The van der Waals surface area contributed by atoms with Gasteiger partial charge in [0.05, 0.1) is 24.9 Å². The van der Waals surface area contributed by atoms with Crippen LogP contribution in [0.4, 0.5) is 0 Å². The second-order valence-electron chi connectivity index (χ2n) is 21.3. The number of hydrogen-bond donors (Lipinski definition) is 6. The monoisotopic (exact) mass is 1010 g/mol. The molecule has 9 rings (SSSR count). The van der Waals surface area contributed by atoms with E-state index in [1.54, 1.807) is 71.8 Å². The van der Waals surface area contributed by atoms with Gasteiger partial charge in [-0.25, -0.2) is 0 Å². The van der Waals surface area contributed by atoms with Gasteiger partial charge in [0.1, 0.15) is 24.2 Å². The second kappa shape index (κ2) is 22.8. The van der Waals surface area contributed by atoms with E-state index < -0.39 is 48.1 Å². The summed E-state index contributed by atoms with van der Waals surface area (Å²) in [6.07, 6.45) is 4.84. The first-order valence-electron chi connectivity index (χ1n) is 26.6. The molecule has 6 aliphatic rings. The maximum Gasteiger partial charge on any atom is 0.247 e. The average molecular weight is 1010 g/mol. The Morgan fingerprint density at radius 1 is 0.514 bits per heavy atom. The summed E-state index contributed by atoms with van der Waals surface area (Å²) in [5, 5.41) is 18.0. The van der Waals surface area contributed by atoms with Crippen molar-refractivity contribution in [2.45, 2.75) is 150 Å². The molecule has 0 radical (unpaired) electrons. The molecule has 0 aromatic heterocycles. The highest BCUT2D eigenvalue weighted by Gasteiger charge is 2.50. The van der Waals surface area contributed by atoms with Crippen molar-refractivity contribution < 1.29 is 38.4 Å². The molecule has 3 aromatic rings. The highest BCUT2D eigenvalue weighted by atomic mass is 16.2. The Balaban J connectivity index is 0.822. The molecule has 2 saturated carbocycles. The van der Waals surface area contributed by atoms with Gasteiger partial charge in [0.15, 0.2) is 0 Å². The van der Waals surface area contributed by atoms with Crippen LogP contribution in [0.25, 0.3) is 0 Å². The van der Waals surface area contributed by atoms with Crippen molar-refractivity contribution in [3.05, 3.63) is 107 Å². The molecule has 0 spiro atoms. The predicted octanol–water partition coefficient (Wildman–Crippen LogP) is 1.49. The molecule has 2 aliphatic carbocycles. The molecule has 8 amide bonds. The van der Waals surface area contributed by atoms with Crippen LogP contribution in [0.15, 0.2) is 84.9 Å². The molecule has 12 atom stereocenters. The Kier molecular flexibility index (Phi) is 16.1. The summed E-state index contributed by atoms with van der Waals surface area (Å²) in [4.78, 5) is 118. The number of carbonyl (C=O) groups excluding carboxylic acids is 8. The first-order valence-corrected chi connectivity index (χ1v) is 26.6. The Bertz CT molecular complexity index is 2390. The number of fused-ring (bicyclic) bond motifs is 2. The normalized spacial score (nSPS) is 28.3. The summed E-state index contributed by atoms with van der Waals surface area (Å²) < 4.78 is 0. The van der Waals surface area contributed by atoms with Gasteiger partial charge in [-0.3, -0.25) is 38.4 Å². The van der Waals surface area contributed by atoms with Crippen LogP contribution in [-0.2, 0) is 51.2 Å². The lowest BCUT2D eigenvalue weighted by molar-refractivity contribution is -0.147. The number of hydrogen-bond acceptors (Lipinski definition) is 10. The molecule has 4 aliphatic heterocycles. The molecular weight excluding hydrogens is 941 g/mol. The molecule has 6 N–H and O–H groups in total. The van der Waals surface area contributed by atoms with Gasteiger partial charge >= 0.3 is 0 Å². The summed E-state index contributed by atoms with van der Waals surface area (Å²) in [5.41, 5.74) is 3.74. The largest absolute Gasteiger partial charge is 0.351 e. The van der Waals surface area contributed by atoms with E-state index in [2.05, 4.69) is 56.2 Å². The van der Waals surface area contributed by atoms with Crippen molar-refractivity contribution >= 4 is 47.3 Å². The Morgan fingerprint density at radius 3 is 1.26 bits per heavy atom. The standard InChI is InChI=1S/C56H72N10O8/c1-33(57-3)51(69)61-45-31-63(25-23-39-19-21-47(65(39)55(45)73)53(71)59-43-29-41(43)37-11-7-5-8-12-37)49(67)27-35-15-17-36(18-16-35)28-50(68)64-26-24-40-20-22-48(54(72)60-44-30-42(44)38-13-9-6-10-14-38)66(40)56(74)46(32-64)62-52(70)34(2)58-4/h5-18,33-34,39-48,57-58H,19-32H2,1-4H3,(H,59,71)(H,60,72)(H,61,69)(H,62,70)/t33-,34-,39+,40+,41+,42+,43+,44+,45-,46+,47-,48-/m0/s1. The average Bonchev–Trinajstić information content (AvgIpc) is 4.27. The number of nitrogens with zero attached hydrogens (tertiary/aromatic N) is 4. The fourth-order valence-corrected chi connectivity index (χ4v) is 11.5. The van der Waals surface area contributed by atoms with Crippen LogP contribution in [0.2, 0.25) is 0 Å². The van der Waals surface area contributed by atoms with Gasteiger partial charge in [-0.05, 0) is 102 Å². The summed E-state index contributed by atoms with van der Waals surface area (Å²) in [5.74, 6) is -1.91. The third-order valence-corrected chi connectivity index (χ3v) is 16.4. The molecule has 4 saturated heterocycles. The molecule has 18 heteroatoms. The maximum atomic E-state index is 14.5. The first-order chi connectivity index (χ1) is 35.7. The van der Waals surface area contributed by atoms with E-state index in [4.69, 9.17) is 0 Å². The van der Waals surface area contributed by atoms with E-state index in [9.17, 15) is 38.4 Å². The number of amides is 8. The minimum atomic E-state index is -1.07. The van der Waals surface area contributed by atoms with Crippen molar-refractivity contribution in [3.63, 3.8) is 0 Å². The van der Waals surface area contributed by atoms with E-state index in [1.165, 1.54) is 11.1 Å². The number of likely N-dealkylation sites (N-methyl/N-ethyl adjacent to an activating group) is 2. The summed E-state index contributed by atoms with van der Waals surface area (Å²) >= 11 is 0. The SMILES string of the molecule is CN[C@@H](C)C(=O)N[C@H]1CN(C(=O)Cc2ccc(CC(=O)N3CC[C@H]4CC[C@@H](C(=O)N[C@@H]5C[C@@H]5c5ccccc5)N4C(=O)[C@H](NC(=O)[C@H](C)NC)C3)cc2)CC[C@H]2CC[C@@H](C(=O)N[C@@H]3C[C@@H]3c3ccccc3)N2C1=O. The predicted molar refractivity (Wildman–Crippen MR) is 276 cm³/mol. The van der Waals surface area contributed by atoms with Crippen LogP contribution in [0.3, 0.4) is 0 Å². The van der Waals surface area contributed by atoms with E-state index in [-0.39, 0.29) is 97.4 Å². The lowest BCUT2D eigenvalue weighted by Gasteiger charge is -2.39. The lowest BCUT2D eigenvalue weighted by Crippen LogP contribution is -2.62. The zero-order valence-electron chi connectivity index (χ0n) is 43.0. The van der Waals surface area contributed by atoms with Crippen LogP contribution in [-0.4, -0.2) is 168 Å². The van der Waals surface area contributed by atoms with Gasteiger partial charge in [-0.15, -0.1) is 0 Å². The Labute approximate surface area is 433 Å². The van der Waals surface area contributed by atoms with Crippen molar-refractivity contribution in [1.29, 1.82) is 0 Å². The fourth-order valence-electron chi connectivity index (χ4n) is 11.5. The number of carbonyl (C=O) groups is 8. The van der Waals surface area contributed by atoms with Crippen LogP contribution in [0, 0.1) is 0 Å². The minimum Gasteiger partial charge on any atom is -0.351 e.